The summed E-state index contributed by atoms with van der Waals surface area (Å²) in [6, 6.07) is 1.99. The van der Waals surface area contributed by atoms with Crippen molar-refractivity contribution in [3.63, 3.8) is 0 Å². The Morgan fingerprint density at radius 2 is 1.90 bits per heavy atom. The zero-order valence-electron chi connectivity index (χ0n) is 20.0. The summed E-state index contributed by atoms with van der Waals surface area (Å²) in [6.07, 6.45) is -8.68. The van der Waals surface area contributed by atoms with Crippen molar-refractivity contribution in [3.05, 3.63) is 52.5 Å². The molecular formula is C21H22F6N6O4S2. The third-order valence-corrected chi connectivity index (χ3v) is 10.7. The predicted octanol–water partition coefficient (Wildman–Crippen LogP) is 2.56. The maximum atomic E-state index is 13.9. The van der Waals surface area contributed by atoms with Crippen LogP contribution in [0.1, 0.15) is 35.1 Å². The summed E-state index contributed by atoms with van der Waals surface area (Å²) in [7, 11) is -4.27. The summed E-state index contributed by atoms with van der Waals surface area (Å²) in [4.78, 5) is 15.4. The van der Waals surface area contributed by atoms with Gasteiger partial charge < -0.3 is 15.7 Å². The van der Waals surface area contributed by atoms with Gasteiger partial charge in [-0.05, 0) is 31.5 Å². The Balaban J connectivity index is 1.53. The highest BCUT2D eigenvalue weighted by molar-refractivity contribution is 8.15. The van der Waals surface area contributed by atoms with Gasteiger partial charge in [0.1, 0.15) is 10.9 Å². The third-order valence-electron chi connectivity index (χ3n) is 6.43. The van der Waals surface area contributed by atoms with Gasteiger partial charge in [-0.1, -0.05) is 6.08 Å². The average Bonchev–Trinajstić information content (AvgIpc) is 3.55. The number of rotatable bonds is 6. The van der Waals surface area contributed by atoms with Gasteiger partial charge in [0, 0.05) is 41.8 Å². The summed E-state index contributed by atoms with van der Waals surface area (Å²) in [5, 5.41) is 15.9. The highest BCUT2D eigenvalue weighted by Gasteiger charge is 2.62. The Morgan fingerprint density at radius 1 is 1.21 bits per heavy atom. The fraction of sp³-hybridized carbons (Fsp3) is 0.476. The van der Waals surface area contributed by atoms with Gasteiger partial charge in [-0.25, -0.2) is 13.4 Å². The van der Waals surface area contributed by atoms with Gasteiger partial charge in [-0.3, -0.25) is 9.89 Å². The van der Waals surface area contributed by atoms with Crippen LogP contribution in [0.15, 0.2) is 35.5 Å². The number of aromatic nitrogens is 3. The Kier molecular flexibility index (Phi) is 7.46. The molecule has 0 spiro atoms. The van der Waals surface area contributed by atoms with Crippen molar-refractivity contribution in [3.8, 4) is 0 Å². The predicted molar refractivity (Wildman–Crippen MR) is 128 cm³/mol. The largest absolute Gasteiger partial charge is 0.429 e. The Labute approximate surface area is 222 Å². The van der Waals surface area contributed by atoms with E-state index in [0.717, 1.165) is 28.8 Å². The lowest BCUT2D eigenvalue weighted by molar-refractivity contribution is -0.249. The second-order valence-electron chi connectivity index (χ2n) is 8.94. The lowest BCUT2D eigenvalue weighted by Gasteiger charge is -2.41. The molecule has 1 saturated heterocycles. The molecule has 39 heavy (non-hydrogen) atoms. The number of nitrogens with one attached hydrogen (secondary N) is 1. The van der Waals surface area contributed by atoms with E-state index in [1.54, 1.807) is 0 Å². The summed E-state index contributed by atoms with van der Waals surface area (Å²) >= 11 is 0.320. The van der Waals surface area contributed by atoms with Crippen LogP contribution in [0.2, 0.25) is 0 Å². The number of aromatic amines is 1. The number of carbonyl (C=O) groups excluding carboxylic acids is 1. The molecule has 1 fully saturated rings. The molecule has 1 aromatic heterocycles. The van der Waals surface area contributed by atoms with Gasteiger partial charge in [0.05, 0.1) is 5.56 Å². The molecule has 0 aliphatic carbocycles. The van der Waals surface area contributed by atoms with E-state index in [4.69, 9.17) is 5.73 Å². The van der Waals surface area contributed by atoms with Crippen LogP contribution in [-0.4, -0.2) is 75.4 Å². The number of carbonyl (C=O) groups is 1. The minimum atomic E-state index is -5.25. The number of sulfonamides is 1. The second-order valence-corrected chi connectivity index (χ2v) is 12.5. The number of benzene rings is 1. The molecule has 18 heteroatoms. The van der Waals surface area contributed by atoms with Gasteiger partial charge in [-0.15, -0.1) is 11.8 Å². The molecule has 0 saturated carbocycles. The fourth-order valence-corrected chi connectivity index (χ4v) is 8.23. The van der Waals surface area contributed by atoms with Crippen molar-refractivity contribution in [2.45, 2.75) is 41.9 Å². The molecule has 0 radical (unpaired) electrons. The zero-order valence-corrected chi connectivity index (χ0v) is 21.6. The van der Waals surface area contributed by atoms with Crippen LogP contribution in [0.3, 0.4) is 0 Å². The first-order chi connectivity index (χ1) is 18.0. The van der Waals surface area contributed by atoms with Crippen LogP contribution in [0.25, 0.3) is 0 Å². The number of piperazine rings is 1. The number of hydrogen-bond donors (Lipinski definition) is 3. The molecule has 10 nitrogen and oxygen atoms in total. The lowest BCUT2D eigenvalue weighted by Crippen LogP contribution is -2.55. The van der Waals surface area contributed by atoms with E-state index in [2.05, 4.69) is 10.1 Å². The molecule has 4 rings (SSSR count). The molecule has 1 amide bonds. The highest BCUT2D eigenvalue weighted by Crippen LogP contribution is 2.52. The van der Waals surface area contributed by atoms with Gasteiger partial charge >= 0.3 is 12.4 Å². The molecule has 2 aliphatic heterocycles. The normalized spacial score (nSPS) is 23.0. The van der Waals surface area contributed by atoms with E-state index < -0.39 is 60.8 Å². The number of nitrogens with zero attached hydrogens (tertiary/aromatic N) is 4. The Morgan fingerprint density at radius 3 is 2.44 bits per heavy atom. The molecule has 214 valence electrons. The summed E-state index contributed by atoms with van der Waals surface area (Å²) < 4.78 is 109. The van der Waals surface area contributed by atoms with Crippen molar-refractivity contribution >= 4 is 33.4 Å². The quantitative estimate of drug-likeness (QED) is 0.429. The lowest BCUT2D eigenvalue weighted by atomic mass is 10.0. The van der Waals surface area contributed by atoms with E-state index >= 15 is 0 Å². The number of aliphatic hydroxyl groups is 1. The SMILES string of the molecule is C[C@@H]1CN(c2ccc(C(N)=O)cc2C(F)(F)F)CCN1S(=O)(=O)C1CC=C(C(O)(c2ncn[nH]2)C(F)(F)F)S1. The number of H-pyrrole nitrogens is 1. The molecule has 0 bridgehead atoms. The average molecular weight is 601 g/mol. The monoisotopic (exact) mass is 600 g/mol. The molecule has 2 unspecified atom stereocenters. The summed E-state index contributed by atoms with van der Waals surface area (Å²) in [6.45, 7) is 0.880. The standard InChI is InChI=1S/C21H22F6N6O4S2/c1-11-9-32(14-3-2-12(17(28)34)8-13(14)20(22,23)24)6-7-33(11)39(36,37)16-5-4-15(38-16)19(35,21(25,26)27)18-29-10-30-31-18/h2-4,8,10-11,16,35H,5-7,9H2,1H3,(H2,28,34)(H,29,30,31)/t11-,16?,19?/m1/s1. The third kappa shape index (κ3) is 5.21. The maximum absolute atomic E-state index is 13.9. The van der Waals surface area contributed by atoms with E-state index in [-0.39, 0.29) is 37.3 Å². The zero-order chi connectivity index (χ0) is 29.0. The number of thioether (sulfide) groups is 1. The minimum absolute atomic E-state index is 0.162. The topological polar surface area (TPSA) is 146 Å². The van der Waals surface area contributed by atoms with Crippen LogP contribution in [0.5, 0.6) is 0 Å². The number of anilines is 1. The number of nitrogens with two attached hydrogens (primary N) is 1. The Bertz CT molecular complexity index is 1380. The van der Waals surface area contributed by atoms with Crippen LogP contribution in [-0.2, 0) is 21.8 Å². The van der Waals surface area contributed by atoms with E-state index in [1.807, 2.05) is 5.10 Å². The number of hydrogen-bond acceptors (Lipinski definition) is 8. The van der Waals surface area contributed by atoms with Crippen LogP contribution in [0.4, 0.5) is 32.0 Å². The van der Waals surface area contributed by atoms with Crippen LogP contribution in [0, 0.1) is 0 Å². The second kappa shape index (κ2) is 9.97. The molecule has 1 aromatic carbocycles. The fourth-order valence-electron chi connectivity index (χ4n) is 4.51. The number of alkyl halides is 6. The van der Waals surface area contributed by atoms with Gasteiger partial charge in [0.2, 0.25) is 15.9 Å². The van der Waals surface area contributed by atoms with Crippen molar-refractivity contribution in [1.29, 1.82) is 0 Å². The molecule has 2 aliphatic rings. The number of halogens is 6. The van der Waals surface area contributed by atoms with Crippen LogP contribution >= 0.6 is 11.8 Å². The molecule has 2 aromatic rings. The van der Waals surface area contributed by atoms with E-state index in [0.29, 0.717) is 17.8 Å². The Hall–Kier alpha value is -2.83. The first-order valence-corrected chi connectivity index (χ1v) is 13.6. The van der Waals surface area contributed by atoms with Crippen molar-refractivity contribution in [2.24, 2.45) is 5.73 Å². The van der Waals surface area contributed by atoms with Crippen LogP contribution < -0.4 is 10.6 Å². The molecule has 3 atom stereocenters. The van der Waals surface area contributed by atoms with E-state index in [9.17, 15) is 44.7 Å². The first-order valence-electron chi connectivity index (χ1n) is 11.3. The number of primary amides is 1. The highest BCUT2D eigenvalue weighted by atomic mass is 32.3. The van der Waals surface area contributed by atoms with Gasteiger partial charge in [-0.2, -0.15) is 35.7 Å². The van der Waals surface area contributed by atoms with Crippen molar-refractivity contribution in [2.75, 3.05) is 24.5 Å². The number of allylic oxidation sites excluding steroid dienone is 1. The van der Waals surface area contributed by atoms with Gasteiger partial charge in [0.25, 0.3) is 5.60 Å². The summed E-state index contributed by atoms with van der Waals surface area (Å²) in [5.41, 5.74) is -0.216. The maximum Gasteiger partial charge on any atom is 0.429 e. The van der Waals surface area contributed by atoms with Crippen molar-refractivity contribution < 1.29 is 44.7 Å². The first kappa shape index (κ1) is 29.2. The minimum Gasteiger partial charge on any atom is -0.369 e. The number of amides is 1. The molecule has 4 N–H and O–H groups in total. The molecule has 3 heterocycles. The van der Waals surface area contributed by atoms with E-state index in [1.165, 1.54) is 11.8 Å². The van der Waals surface area contributed by atoms with Crippen molar-refractivity contribution in [1.82, 2.24) is 19.5 Å². The summed E-state index contributed by atoms with van der Waals surface area (Å²) in [5.74, 6) is -1.96. The molecular weight excluding hydrogens is 578 g/mol. The smallest absolute Gasteiger partial charge is 0.369 e. The van der Waals surface area contributed by atoms with Gasteiger partial charge in [0.15, 0.2) is 5.82 Å².